The van der Waals surface area contributed by atoms with E-state index < -0.39 is 0 Å². The zero-order valence-electron chi connectivity index (χ0n) is 16.2. The van der Waals surface area contributed by atoms with E-state index in [1.165, 1.54) is 19.2 Å². The number of halogens is 1. The van der Waals surface area contributed by atoms with Gasteiger partial charge in [-0.1, -0.05) is 12.1 Å². The molecule has 1 aliphatic heterocycles. The van der Waals surface area contributed by atoms with Gasteiger partial charge in [0.25, 0.3) is 5.91 Å². The van der Waals surface area contributed by atoms with Gasteiger partial charge in [-0.25, -0.2) is 14.4 Å². The van der Waals surface area contributed by atoms with Gasteiger partial charge in [-0.3, -0.25) is 4.79 Å². The molecule has 3 heterocycles. The van der Waals surface area contributed by atoms with E-state index in [1.807, 2.05) is 6.07 Å². The number of nitrogens with zero attached hydrogens (tertiary/aromatic N) is 3. The van der Waals surface area contributed by atoms with Crippen molar-refractivity contribution in [2.45, 2.75) is 25.2 Å². The monoisotopic (exact) mass is 395 g/mol. The van der Waals surface area contributed by atoms with Gasteiger partial charge in [0.2, 0.25) is 5.88 Å². The molecule has 1 unspecified atom stereocenters. The Hall–Kier alpha value is -3.22. The highest BCUT2D eigenvalue weighted by Crippen LogP contribution is 2.29. The van der Waals surface area contributed by atoms with Crippen molar-refractivity contribution in [3.8, 4) is 5.88 Å². The number of benzene rings is 1. The molecule has 3 aromatic rings. The summed E-state index contributed by atoms with van der Waals surface area (Å²) in [6.45, 7) is 1.20. The Kier molecular flexibility index (Phi) is 5.55. The Balaban J connectivity index is 1.46. The first kappa shape index (κ1) is 19.1. The van der Waals surface area contributed by atoms with Gasteiger partial charge >= 0.3 is 0 Å². The molecule has 7 heteroatoms. The average molecular weight is 395 g/mol. The lowest BCUT2D eigenvalue weighted by Gasteiger charge is -2.31. The molecule has 2 aromatic heterocycles. The number of ether oxygens (including phenoxy) is 1. The standard InChI is InChI=1S/C22H22FN3O3/c1-28-21-19(8-3-9-24-21)22(27)26-10-4-6-16(14-26)20-25-13-18(29-20)12-15-5-2-7-17(23)11-15/h2-3,5,7-9,11,13,16H,4,6,10,12,14H2,1H3. The third kappa shape index (κ3) is 4.29. The molecule has 6 nitrogen and oxygen atoms in total. The Morgan fingerprint density at radius 3 is 3.03 bits per heavy atom. The zero-order valence-corrected chi connectivity index (χ0v) is 16.2. The van der Waals surface area contributed by atoms with Crippen LogP contribution >= 0.6 is 0 Å². The van der Waals surface area contributed by atoms with Crippen molar-refractivity contribution in [1.29, 1.82) is 0 Å². The van der Waals surface area contributed by atoms with Crippen molar-refractivity contribution in [3.63, 3.8) is 0 Å². The normalized spacial score (nSPS) is 16.6. The lowest BCUT2D eigenvalue weighted by atomic mass is 9.97. The van der Waals surface area contributed by atoms with Crippen LogP contribution in [0.3, 0.4) is 0 Å². The Bertz CT molecular complexity index is 1000. The fourth-order valence-electron chi connectivity index (χ4n) is 3.69. The molecule has 1 aromatic carbocycles. The number of hydrogen-bond acceptors (Lipinski definition) is 5. The Morgan fingerprint density at radius 1 is 1.31 bits per heavy atom. The minimum atomic E-state index is -0.269. The number of amides is 1. The van der Waals surface area contributed by atoms with Gasteiger partial charge in [-0.15, -0.1) is 0 Å². The van der Waals surface area contributed by atoms with Crippen LogP contribution in [0.1, 0.15) is 46.3 Å². The molecule has 1 atom stereocenters. The van der Waals surface area contributed by atoms with E-state index in [1.54, 1.807) is 35.5 Å². The maximum absolute atomic E-state index is 13.4. The molecular weight excluding hydrogens is 373 g/mol. The van der Waals surface area contributed by atoms with Gasteiger partial charge in [0, 0.05) is 25.7 Å². The molecule has 0 radical (unpaired) electrons. The first-order chi connectivity index (χ1) is 14.1. The first-order valence-corrected chi connectivity index (χ1v) is 9.61. The van der Waals surface area contributed by atoms with E-state index >= 15 is 0 Å². The summed E-state index contributed by atoms with van der Waals surface area (Å²) >= 11 is 0. The van der Waals surface area contributed by atoms with Crippen molar-refractivity contribution < 1.29 is 18.3 Å². The number of oxazole rings is 1. The lowest BCUT2D eigenvalue weighted by Crippen LogP contribution is -2.39. The van der Waals surface area contributed by atoms with Crippen LogP contribution in [-0.4, -0.2) is 41.0 Å². The molecule has 150 valence electrons. The van der Waals surface area contributed by atoms with Gasteiger partial charge < -0.3 is 14.1 Å². The predicted molar refractivity (Wildman–Crippen MR) is 104 cm³/mol. The van der Waals surface area contributed by atoms with Crippen LogP contribution in [0.15, 0.2) is 53.2 Å². The third-order valence-electron chi connectivity index (χ3n) is 5.09. The minimum absolute atomic E-state index is 0.0247. The summed E-state index contributed by atoms with van der Waals surface area (Å²) < 4.78 is 24.5. The number of likely N-dealkylation sites (tertiary alicyclic amines) is 1. The number of piperidine rings is 1. The summed E-state index contributed by atoms with van der Waals surface area (Å²) in [7, 11) is 1.50. The third-order valence-corrected chi connectivity index (χ3v) is 5.09. The molecule has 29 heavy (non-hydrogen) atoms. The molecule has 1 saturated heterocycles. The van der Waals surface area contributed by atoms with Crippen LogP contribution in [0.25, 0.3) is 0 Å². The Morgan fingerprint density at radius 2 is 2.21 bits per heavy atom. The quantitative estimate of drug-likeness (QED) is 0.657. The van der Waals surface area contributed by atoms with Gasteiger partial charge in [-0.05, 0) is 42.7 Å². The molecule has 1 amide bonds. The van der Waals surface area contributed by atoms with Crippen molar-refractivity contribution in [2.75, 3.05) is 20.2 Å². The highest BCUT2D eigenvalue weighted by atomic mass is 19.1. The van der Waals surface area contributed by atoms with Crippen LogP contribution in [0, 0.1) is 5.82 Å². The average Bonchev–Trinajstić information content (AvgIpc) is 3.22. The van der Waals surface area contributed by atoms with Gasteiger partial charge in [-0.2, -0.15) is 0 Å². The van der Waals surface area contributed by atoms with Crippen molar-refractivity contribution >= 4 is 5.91 Å². The topological polar surface area (TPSA) is 68.5 Å². The predicted octanol–water partition coefficient (Wildman–Crippen LogP) is 3.83. The van der Waals surface area contributed by atoms with E-state index in [4.69, 9.17) is 9.15 Å². The van der Waals surface area contributed by atoms with Gasteiger partial charge in [0.1, 0.15) is 17.1 Å². The Labute approximate surface area is 168 Å². The number of hydrogen-bond donors (Lipinski definition) is 0. The first-order valence-electron chi connectivity index (χ1n) is 9.61. The van der Waals surface area contributed by atoms with Crippen LogP contribution in [0.4, 0.5) is 4.39 Å². The second kappa shape index (κ2) is 8.43. The molecule has 0 saturated carbocycles. The SMILES string of the molecule is COc1ncccc1C(=O)N1CCCC(c2ncc(Cc3cccc(F)c3)o2)C1. The van der Waals surface area contributed by atoms with Crippen molar-refractivity contribution in [1.82, 2.24) is 14.9 Å². The summed E-state index contributed by atoms with van der Waals surface area (Å²) in [6.07, 6.45) is 5.52. The second-order valence-electron chi connectivity index (χ2n) is 7.12. The molecular formula is C22H22FN3O3. The molecule has 0 aliphatic carbocycles. The number of carbonyl (C=O) groups excluding carboxylic acids is 1. The van der Waals surface area contributed by atoms with Crippen molar-refractivity contribution in [3.05, 3.63) is 77.4 Å². The summed E-state index contributed by atoms with van der Waals surface area (Å²) in [5.74, 6) is 1.28. The fourth-order valence-corrected chi connectivity index (χ4v) is 3.69. The maximum atomic E-state index is 13.4. The van der Waals surface area contributed by atoms with E-state index in [0.717, 1.165) is 18.4 Å². The molecule has 0 spiro atoms. The smallest absolute Gasteiger partial charge is 0.259 e. The summed E-state index contributed by atoms with van der Waals surface area (Å²) in [5, 5.41) is 0. The molecule has 1 aliphatic rings. The van der Waals surface area contributed by atoms with Gasteiger partial charge in [0.05, 0.1) is 19.2 Å². The summed E-state index contributed by atoms with van der Waals surface area (Å²) in [4.78, 5) is 23.3. The van der Waals surface area contributed by atoms with Crippen LogP contribution in [0.5, 0.6) is 5.88 Å². The number of carbonyl (C=O) groups is 1. The number of rotatable bonds is 5. The molecule has 1 fully saturated rings. The maximum Gasteiger partial charge on any atom is 0.259 e. The van der Waals surface area contributed by atoms with E-state index in [0.29, 0.717) is 42.6 Å². The summed E-state index contributed by atoms with van der Waals surface area (Å²) in [5.41, 5.74) is 1.28. The zero-order chi connectivity index (χ0) is 20.2. The molecule has 0 N–H and O–H groups in total. The van der Waals surface area contributed by atoms with Crippen LogP contribution < -0.4 is 4.74 Å². The fraction of sp³-hybridized carbons (Fsp3) is 0.318. The minimum Gasteiger partial charge on any atom is -0.480 e. The van der Waals surface area contributed by atoms with E-state index in [9.17, 15) is 9.18 Å². The molecule has 0 bridgehead atoms. The van der Waals surface area contributed by atoms with Crippen LogP contribution in [0.2, 0.25) is 0 Å². The lowest BCUT2D eigenvalue weighted by molar-refractivity contribution is 0.0693. The largest absolute Gasteiger partial charge is 0.480 e. The number of methoxy groups -OCH3 is 1. The van der Waals surface area contributed by atoms with E-state index in [2.05, 4.69) is 9.97 Å². The summed E-state index contributed by atoms with van der Waals surface area (Å²) in [6, 6.07) is 9.89. The van der Waals surface area contributed by atoms with E-state index in [-0.39, 0.29) is 17.6 Å². The molecule has 4 rings (SSSR count). The highest BCUT2D eigenvalue weighted by molar-refractivity contribution is 5.96. The number of aromatic nitrogens is 2. The van der Waals surface area contributed by atoms with Crippen molar-refractivity contribution in [2.24, 2.45) is 0 Å². The number of pyridine rings is 1. The second-order valence-corrected chi connectivity index (χ2v) is 7.12. The van der Waals surface area contributed by atoms with Crippen LogP contribution in [-0.2, 0) is 6.42 Å². The highest BCUT2D eigenvalue weighted by Gasteiger charge is 2.29. The van der Waals surface area contributed by atoms with Gasteiger partial charge in [0.15, 0.2) is 5.89 Å².